The Morgan fingerprint density at radius 3 is 3.07 bits per heavy atom. The molecule has 1 rings (SSSR count). The van der Waals surface area contributed by atoms with Crippen molar-refractivity contribution in [1.29, 1.82) is 0 Å². The van der Waals surface area contributed by atoms with Gasteiger partial charge in [0, 0.05) is 31.5 Å². The molecule has 1 fully saturated rings. The van der Waals surface area contributed by atoms with Gasteiger partial charge in [0.1, 0.15) is 0 Å². The monoisotopic (exact) mass is 214 g/mol. The Bertz CT molecular complexity index is 243. The van der Waals surface area contributed by atoms with E-state index in [1.165, 1.54) is 0 Å². The van der Waals surface area contributed by atoms with Crippen molar-refractivity contribution in [2.45, 2.75) is 32.2 Å². The van der Waals surface area contributed by atoms with Gasteiger partial charge in [0.2, 0.25) is 11.8 Å². The van der Waals surface area contributed by atoms with Gasteiger partial charge in [-0.3, -0.25) is 9.59 Å². The van der Waals surface area contributed by atoms with E-state index >= 15 is 0 Å². The standard InChI is InChI=1S/C10H18N2O3/c1-7(3-5-13)12-10(15)8-2-4-11-9(14)6-8/h7-8,13H,2-6H2,1H3,(H,11,14)(H,12,15). The Kier molecular flexibility index (Phi) is 4.55. The maximum atomic E-state index is 11.7. The van der Waals surface area contributed by atoms with Gasteiger partial charge in [0.25, 0.3) is 0 Å². The normalized spacial score (nSPS) is 23.1. The van der Waals surface area contributed by atoms with Gasteiger partial charge in [-0.05, 0) is 19.8 Å². The highest BCUT2D eigenvalue weighted by Crippen LogP contribution is 2.12. The van der Waals surface area contributed by atoms with Crippen LogP contribution in [0.1, 0.15) is 26.2 Å². The van der Waals surface area contributed by atoms with Crippen LogP contribution in [0.5, 0.6) is 0 Å². The number of piperidine rings is 1. The minimum Gasteiger partial charge on any atom is -0.396 e. The molecule has 0 spiro atoms. The topological polar surface area (TPSA) is 78.4 Å². The van der Waals surface area contributed by atoms with Crippen LogP contribution in [0.25, 0.3) is 0 Å². The van der Waals surface area contributed by atoms with E-state index in [4.69, 9.17) is 5.11 Å². The predicted octanol–water partition coefficient (Wildman–Crippen LogP) is -0.600. The van der Waals surface area contributed by atoms with Crippen molar-refractivity contribution in [2.24, 2.45) is 5.92 Å². The van der Waals surface area contributed by atoms with Crippen molar-refractivity contribution in [3.8, 4) is 0 Å². The average molecular weight is 214 g/mol. The minimum absolute atomic E-state index is 0.0347. The Morgan fingerprint density at radius 1 is 1.73 bits per heavy atom. The smallest absolute Gasteiger partial charge is 0.223 e. The molecule has 0 bridgehead atoms. The molecule has 3 N–H and O–H groups in total. The van der Waals surface area contributed by atoms with E-state index < -0.39 is 0 Å². The lowest BCUT2D eigenvalue weighted by molar-refractivity contribution is -0.132. The van der Waals surface area contributed by atoms with Crippen LogP contribution in [-0.4, -0.2) is 36.1 Å². The molecule has 5 heteroatoms. The number of hydrogen-bond donors (Lipinski definition) is 3. The maximum absolute atomic E-state index is 11.7. The summed E-state index contributed by atoms with van der Waals surface area (Å²) in [5.41, 5.74) is 0. The predicted molar refractivity (Wildman–Crippen MR) is 55.0 cm³/mol. The number of rotatable bonds is 4. The molecule has 2 amide bonds. The second-order valence-corrected chi connectivity index (χ2v) is 3.96. The highest BCUT2D eigenvalue weighted by atomic mass is 16.3. The van der Waals surface area contributed by atoms with Gasteiger partial charge in [-0.1, -0.05) is 0 Å². The molecular weight excluding hydrogens is 196 g/mol. The molecule has 0 radical (unpaired) electrons. The molecule has 1 heterocycles. The van der Waals surface area contributed by atoms with Gasteiger partial charge in [-0.15, -0.1) is 0 Å². The summed E-state index contributed by atoms with van der Waals surface area (Å²) in [5.74, 6) is -0.345. The minimum atomic E-state index is -0.208. The molecule has 1 saturated heterocycles. The quantitative estimate of drug-likeness (QED) is 0.584. The van der Waals surface area contributed by atoms with Gasteiger partial charge >= 0.3 is 0 Å². The zero-order valence-corrected chi connectivity index (χ0v) is 8.95. The van der Waals surface area contributed by atoms with Gasteiger partial charge in [0.15, 0.2) is 0 Å². The number of carbonyl (C=O) groups excluding carboxylic acids is 2. The van der Waals surface area contributed by atoms with Gasteiger partial charge in [-0.25, -0.2) is 0 Å². The van der Waals surface area contributed by atoms with Crippen LogP contribution in [0, 0.1) is 5.92 Å². The summed E-state index contributed by atoms with van der Waals surface area (Å²) in [7, 11) is 0. The third kappa shape index (κ3) is 3.87. The molecule has 15 heavy (non-hydrogen) atoms. The SMILES string of the molecule is CC(CCO)NC(=O)C1CCNC(=O)C1. The number of carbonyl (C=O) groups is 2. The lowest BCUT2D eigenvalue weighted by Gasteiger charge is -2.23. The van der Waals surface area contributed by atoms with Crippen LogP contribution in [0.4, 0.5) is 0 Å². The first-order valence-corrected chi connectivity index (χ1v) is 5.31. The summed E-state index contributed by atoms with van der Waals surface area (Å²) < 4.78 is 0. The van der Waals surface area contributed by atoms with E-state index in [0.717, 1.165) is 0 Å². The van der Waals surface area contributed by atoms with Crippen LogP contribution in [0.15, 0.2) is 0 Å². The zero-order chi connectivity index (χ0) is 11.3. The van der Waals surface area contributed by atoms with Crippen molar-refractivity contribution < 1.29 is 14.7 Å². The summed E-state index contributed by atoms with van der Waals surface area (Å²) >= 11 is 0. The molecule has 2 unspecified atom stereocenters. The highest BCUT2D eigenvalue weighted by Gasteiger charge is 2.25. The first-order chi connectivity index (χ1) is 7.13. The lowest BCUT2D eigenvalue weighted by Crippen LogP contribution is -2.43. The Balaban J connectivity index is 2.35. The third-order valence-corrected chi connectivity index (χ3v) is 2.57. The summed E-state index contributed by atoms with van der Waals surface area (Å²) in [5, 5.41) is 14.2. The fourth-order valence-corrected chi connectivity index (χ4v) is 1.63. The summed E-state index contributed by atoms with van der Waals surface area (Å²) in [6, 6.07) is -0.0347. The molecule has 2 atom stereocenters. The number of aliphatic hydroxyl groups excluding tert-OH is 1. The third-order valence-electron chi connectivity index (χ3n) is 2.57. The fourth-order valence-electron chi connectivity index (χ4n) is 1.63. The van der Waals surface area contributed by atoms with E-state index in [0.29, 0.717) is 19.4 Å². The molecule has 1 aliphatic heterocycles. The lowest BCUT2D eigenvalue weighted by atomic mass is 9.96. The first-order valence-electron chi connectivity index (χ1n) is 5.31. The van der Waals surface area contributed by atoms with Crippen LogP contribution >= 0.6 is 0 Å². The van der Waals surface area contributed by atoms with Gasteiger partial charge in [-0.2, -0.15) is 0 Å². The Morgan fingerprint density at radius 2 is 2.47 bits per heavy atom. The number of nitrogens with one attached hydrogen (secondary N) is 2. The fraction of sp³-hybridized carbons (Fsp3) is 0.800. The molecule has 5 nitrogen and oxygen atoms in total. The van der Waals surface area contributed by atoms with E-state index in [9.17, 15) is 9.59 Å². The first kappa shape index (κ1) is 12.0. The van der Waals surface area contributed by atoms with E-state index in [-0.39, 0.29) is 36.8 Å². The van der Waals surface area contributed by atoms with Crippen LogP contribution in [-0.2, 0) is 9.59 Å². The van der Waals surface area contributed by atoms with E-state index in [2.05, 4.69) is 10.6 Å². The van der Waals surface area contributed by atoms with Gasteiger partial charge in [0.05, 0.1) is 0 Å². The summed E-state index contributed by atoms with van der Waals surface area (Å²) in [4.78, 5) is 22.7. The van der Waals surface area contributed by atoms with Crippen LogP contribution in [0.2, 0.25) is 0 Å². The largest absolute Gasteiger partial charge is 0.396 e. The van der Waals surface area contributed by atoms with Crippen molar-refractivity contribution in [1.82, 2.24) is 10.6 Å². The van der Waals surface area contributed by atoms with Crippen molar-refractivity contribution in [3.05, 3.63) is 0 Å². The molecular formula is C10H18N2O3. The van der Waals surface area contributed by atoms with Crippen molar-refractivity contribution >= 4 is 11.8 Å². The molecule has 1 aliphatic rings. The zero-order valence-electron chi connectivity index (χ0n) is 8.95. The molecule has 0 aromatic carbocycles. The van der Waals surface area contributed by atoms with Gasteiger partial charge < -0.3 is 15.7 Å². The highest BCUT2D eigenvalue weighted by molar-refractivity contribution is 5.86. The molecule has 0 saturated carbocycles. The van der Waals surface area contributed by atoms with Crippen molar-refractivity contribution in [2.75, 3.05) is 13.2 Å². The molecule has 0 aliphatic carbocycles. The van der Waals surface area contributed by atoms with Crippen molar-refractivity contribution in [3.63, 3.8) is 0 Å². The summed E-state index contributed by atoms with van der Waals surface area (Å²) in [6.07, 6.45) is 1.52. The number of amides is 2. The van der Waals surface area contributed by atoms with Crippen LogP contribution in [0.3, 0.4) is 0 Å². The van der Waals surface area contributed by atoms with E-state index in [1.54, 1.807) is 0 Å². The summed E-state index contributed by atoms with van der Waals surface area (Å²) in [6.45, 7) is 2.48. The Labute approximate surface area is 89.2 Å². The Hall–Kier alpha value is -1.10. The maximum Gasteiger partial charge on any atom is 0.223 e. The molecule has 0 aromatic heterocycles. The number of hydrogen-bond acceptors (Lipinski definition) is 3. The molecule has 0 aromatic rings. The number of aliphatic hydroxyl groups is 1. The van der Waals surface area contributed by atoms with Crippen LogP contribution < -0.4 is 10.6 Å². The second-order valence-electron chi connectivity index (χ2n) is 3.96. The average Bonchev–Trinajstić information content (AvgIpc) is 2.18. The molecule has 86 valence electrons. The van der Waals surface area contributed by atoms with E-state index in [1.807, 2.05) is 6.92 Å². The second kappa shape index (κ2) is 5.70.